The molecule has 1 saturated heterocycles. The van der Waals surface area contributed by atoms with Crippen LogP contribution >= 0.6 is 11.8 Å². The average molecular weight is 295 g/mol. The predicted molar refractivity (Wildman–Crippen MR) is 75.9 cm³/mol. The van der Waals surface area contributed by atoms with Gasteiger partial charge in [-0.25, -0.2) is 4.79 Å². The third-order valence-corrected chi connectivity index (χ3v) is 4.30. The van der Waals surface area contributed by atoms with Gasteiger partial charge in [0.2, 0.25) is 5.91 Å². The first kappa shape index (κ1) is 14.9. The SMILES string of the molecule is Cc1ccccc1SCC(=O)N1CCOC(C(=O)O)C1. The number of benzene rings is 1. The summed E-state index contributed by atoms with van der Waals surface area (Å²) in [4.78, 5) is 25.6. The van der Waals surface area contributed by atoms with Crippen LogP contribution in [0.1, 0.15) is 5.56 Å². The molecule has 0 spiro atoms. The van der Waals surface area contributed by atoms with Crippen molar-refractivity contribution in [1.29, 1.82) is 0 Å². The lowest BCUT2D eigenvalue weighted by molar-refractivity contribution is -0.158. The molecular weight excluding hydrogens is 278 g/mol. The first-order chi connectivity index (χ1) is 9.58. The van der Waals surface area contributed by atoms with Gasteiger partial charge in [-0.1, -0.05) is 18.2 Å². The highest BCUT2D eigenvalue weighted by Gasteiger charge is 2.28. The van der Waals surface area contributed by atoms with Gasteiger partial charge < -0.3 is 14.7 Å². The van der Waals surface area contributed by atoms with Crippen LogP contribution in [-0.4, -0.2) is 53.4 Å². The highest BCUT2D eigenvalue weighted by atomic mass is 32.2. The number of carboxylic acid groups (broad SMARTS) is 1. The van der Waals surface area contributed by atoms with Crippen molar-refractivity contribution in [3.8, 4) is 0 Å². The molecule has 0 aromatic heterocycles. The van der Waals surface area contributed by atoms with Gasteiger partial charge in [-0.2, -0.15) is 0 Å². The number of morpholine rings is 1. The summed E-state index contributed by atoms with van der Waals surface area (Å²) in [5.41, 5.74) is 1.13. The van der Waals surface area contributed by atoms with Crippen molar-refractivity contribution in [3.63, 3.8) is 0 Å². The van der Waals surface area contributed by atoms with Crippen LogP contribution in [0, 0.1) is 6.92 Å². The normalized spacial score (nSPS) is 18.9. The van der Waals surface area contributed by atoms with Gasteiger partial charge in [0.1, 0.15) is 0 Å². The number of amides is 1. The van der Waals surface area contributed by atoms with Crippen LogP contribution in [0.25, 0.3) is 0 Å². The first-order valence-corrected chi connectivity index (χ1v) is 7.37. The zero-order valence-electron chi connectivity index (χ0n) is 11.2. The molecule has 1 heterocycles. The summed E-state index contributed by atoms with van der Waals surface area (Å²) < 4.78 is 5.10. The lowest BCUT2D eigenvalue weighted by Crippen LogP contribution is -2.49. The fourth-order valence-electron chi connectivity index (χ4n) is 1.97. The van der Waals surface area contributed by atoms with Crippen molar-refractivity contribution < 1.29 is 19.4 Å². The summed E-state index contributed by atoms with van der Waals surface area (Å²) in [7, 11) is 0. The summed E-state index contributed by atoms with van der Waals surface area (Å²) in [6, 6.07) is 7.88. The Morgan fingerprint density at radius 1 is 1.45 bits per heavy atom. The second-order valence-corrected chi connectivity index (χ2v) is 5.61. The van der Waals surface area contributed by atoms with E-state index in [9.17, 15) is 9.59 Å². The Labute approximate surface area is 121 Å². The zero-order chi connectivity index (χ0) is 14.5. The van der Waals surface area contributed by atoms with Crippen LogP contribution in [-0.2, 0) is 14.3 Å². The number of nitrogens with zero attached hydrogens (tertiary/aromatic N) is 1. The third kappa shape index (κ3) is 3.74. The molecule has 1 aromatic carbocycles. The molecule has 1 atom stereocenters. The Kier molecular flexibility index (Phi) is 5.03. The second-order valence-electron chi connectivity index (χ2n) is 4.59. The summed E-state index contributed by atoms with van der Waals surface area (Å²) in [5.74, 6) is -0.751. The molecule has 2 rings (SSSR count). The fraction of sp³-hybridized carbons (Fsp3) is 0.429. The monoisotopic (exact) mass is 295 g/mol. The van der Waals surface area contributed by atoms with Gasteiger partial charge in [-0.15, -0.1) is 11.8 Å². The Morgan fingerprint density at radius 3 is 2.90 bits per heavy atom. The zero-order valence-corrected chi connectivity index (χ0v) is 12.1. The average Bonchev–Trinajstić information content (AvgIpc) is 2.46. The highest BCUT2D eigenvalue weighted by molar-refractivity contribution is 8.00. The number of aryl methyl sites for hydroxylation is 1. The van der Waals surface area contributed by atoms with Crippen LogP contribution in [0.4, 0.5) is 0 Å². The van der Waals surface area contributed by atoms with E-state index in [1.807, 2.05) is 31.2 Å². The number of hydrogen-bond acceptors (Lipinski definition) is 4. The van der Waals surface area contributed by atoms with Gasteiger partial charge >= 0.3 is 5.97 Å². The van der Waals surface area contributed by atoms with E-state index in [0.29, 0.717) is 12.3 Å². The van der Waals surface area contributed by atoms with Crippen molar-refractivity contribution in [1.82, 2.24) is 4.90 Å². The van der Waals surface area contributed by atoms with E-state index in [0.717, 1.165) is 10.5 Å². The number of hydrogen-bond donors (Lipinski definition) is 1. The molecule has 6 heteroatoms. The molecule has 1 aliphatic heterocycles. The maximum atomic E-state index is 12.1. The van der Waals surface area contributed by atoms with E-state index in [4.69, 9.17) is 9.84 Å². The number of carboxylic acids is 1. The van der Waals surface area contributed by atoms with Gasteiger partial charge in [0, 0.05) is 11.4 Å². The summed E-state index contributed by atoms with van der Waals surface area (Å²) in [5, 5.41) is 8.91. The Morgan fingerprint density at radius 2 is 2.20 bits per heavy atom. The molecule has 0 radical (unpaired) electrons. The molecule has 1 fully saturated rings. The van der Waals surface area contributed by atoms with Gasteiger partial charge in [-0.05, 0) is 18.6 Å². The van der Waals surface area contributed by atoms with Crippen molar-refractivity contribution in [2.24, 2.45) is 0 Å². The van der Waals surface area contributed by atoms with Gasteiger partial charge in [0.05, 0.1) is 18.9 Å². The molecule has 0 saturated carbocycles. The molecule has 0 bridgehead atoms. The van der Waals surface area contributed by atoms with Crippen LogP contribution in [0.3, 0.4) is 0 Å². The largest absolute Gasteiger partial charge is 0.479 e. The second kappa shape index (κ2) is 6.76. The minimum absolute atomic E-state index is 0.0483. The molecule has 20 heavy (non-hydrogen) atoms. The van der Waals surface area contributed by atoms with E-state index in [1.165, 1.54) is 11.8 Å². The number of carbonyl (C=O) groups is 2. The standard InChI is InChI=1S/C14H17NO4S/c1-10-4-2-3-5-12(10)20-9-13(16)15-6-7-19-11(8-15)14(17)18/h2-5,11H,6-9H2,1H3,(H,17,18). The molecule has 1 unspecified atom stereocenters. The lowest BCUT2D eigenvalue weighted by Gasteiger charge is -2.30. The van der Waals surface area contributed by atoms with Crippen LogP contribution in [0.2, 0.25) is 0 Å². The summed E-state index contributed by atoms with van der Waals surface area (Å²) >= 11 is 1.48. The molecular formula is C14H17NO4S. The van der Waals surface area contributed by atoms with Gasteiger partial charge in [0.25, 0.3) is 0 Å². The Bertz CT molecular complexity index is 506. The van der Waals surface area contributed by atoms with E-state index < -0.39 is 12.1 Å². The highest BCUT2D eigenvalue weighted by Crippen LogP contribution is 2.22. The first-order valence-electron chi connectivity index (χ1n) is 6.38. The Balaban J connectivity index is 1.89. The molecule has 1 aromatic rings. The molecule has 5 nitrogen and oxygen atoms in total. The minimum atomic E-state index is -1.02. The maximum Gasteiger partial charge on any atom is 0.334 e. The molecule has 1 amide bonds. The maximum absolute atomic E-state index is 12.1. The number of carbonyl (C=O) groups excluding carboxylic acids is 1. The number of rotatable bonds is 4. The molecule has 108 valence electrons. The minimum Gasteiger partial charge on any atom is -0.479 e. The number of thioether (sulfide) groups is 1. The molecule has 1 aliphatic rings. The van der Waals surface area contributed by atoms with Crippen molar-refractivity contribution in [2.75, 3.05) is 25.4 Å². The number of ether oxygens (including phenoxy) is 1. The van der Waals surface area contributed by atoms with E-state index >= 15 is 0 Å². The van der Waals surface area contributed by atoms with Crippen LogP contribution < -0.4 is 0 Å². The Hall–Kier alpha value is -1.53. The molecule has 1 N–H and O–H groups in total. The van der Waals surface area contributed by atoms with Crippen molar-refractivity contribution >= 4 is 23.6 Å². The quantitative estimate of drug-likeness (QED) is 0.851. The number of aliphatic carboxylic acids is 1. The van der Waals surface area contributed by atoms with E-state index in [2.05, 4.69) is 0 Å². The van der Waals surface area contributed by atoms with Gasteiger partial charge in [-0.3, -0.25) is 4.79 Å². The van der Waals surface area contributed by atoms with E-state index in [-0.39, 0.29) is 19.1 Å². The summed E-state index contributed by atoms with van der Waals surface area (Å²) in [6.45, 7) is 2.86. The van der Waals surface area contributed by atoms with Crippen LogP contribution in [0.15, 0.2) is 29.2 Å². The van der Waals surface area contributed by atoms with Gasteiger partial charge in [0.15, 0.2) is 6.10 Å². The van der Waals surface area contributed by atoms with Crippen LogP contribution in [0.5, 0.6) is 0 Å². The smallest absolute Gasteiger partial charge is 0.334 e. The molecule has 0 aliphatic carbocycles. The van der Waals surface area contributed by atoms with Crippen molar-refractivity contribution in [3.05, 3.63) is 29.8 Å². The van der Waals surface area contributed by atoms with E-state index in [1.54, 1.807) is 4.90 Å². The third-order valence-electron chi connectivity index (χ3n) is 3.14. The summed E-state index contributed by atoms with van der Waals surface area (Å²) in [6.07, 6.45) is -0.906. The topological polar surface area (TPSA) is 66.8 Å². The van der Waals surface area contributed by atoms with Crippen molar-refractivity contribution in [2.45, 2.75) is 17.9 Å². The fourth-order valence-corrected chi connectivity index (χ4v) is 2.91. The predicted octanol–water partition coefficient (Wildman–Crippen LogP) is 1.40. The lowest BCUT2D eigenvalue weighted by atomic mass is 10.2.